The van der Waals surface area contributed by atoms with Crippen LogP contribution in [0.3, 0.4) is 0 Å². The van der Waals surface area contributed by atoms with Gasteiger partial charge in [-0.1, -0.05) is 0 Å². The Morgan fingerprint density at radius 2 is 0.700 bits per heavy atom. The van der Waals surface area contributed by atoms with E-state index in [0.717, 1.165) is 20.8 Å². The summed E-state index contributed by atoms with van der Waals surface area (Å²) in [7, 11) is 0. The van der Waals surface area contributed by atoms with Gasteiger partial charge in [0.05, 0.1) is 39.5 Å². The Hall–Kier alpha value is -3.30. The van der Waals surface area contributed by atoms with Gasteiger partial charge >= 0.3 is 17.1 Å². The van der Waals surface area contributed by atoms with Crippen molar-refractivity contribution in [2.24, 2.45) is 0 Å². The Morgan fingerprint density at radius 1 is 0.567 bits per heavy atom. The number of carbonyl (C=O) groups is 3. The highest BCUT2D eigenvalue weighted by molar-refractivity contribution is 5.63. The average Bonchev–Trinajstić information content (AvgIpc) is 2.58. The van der Waals surface area contributed by atoms with Gasteiger partial charge in [0.1, 0.15) is 0 Å². The Balaban J connectivity index is -0.000000498. The van der Waals surface area contributed by atoms with Crippen LogP contribution in [0, 0.1) is 0 Å². The Morgan fingerprint density at radius 3 is 0.800 bits per heavy atom. The van der Waals surface area contributed by atoms with E-state index >= 15 is 0 Å². The molecule has 1 heterocycles. The summed E-state index contributed by atoms with van der Waals surface area (Å²) in [6, 6.07) is 0. The second-order valence-corrected chi connectivity index (χ2v) is 5.03. The van der Waals surface area contributed by atoms with Gasteiger partial charge in [-0.3, -0.25) is 14.4 Å². The summed E-state index contributed by atoms with van der Waals surface area (Å²) in [5.74, 6) is -2.50. The molecule has 0 bridgehead atoms. The first-order valence-electron chi connectivity index (χ1n) is 8.13. The molecule has 0 unspecified atom stereocenters. The number of nitrogens with zero attached hydrogens (tertiary/aromatic N) is 3. The SMILES string of the molecule is CC(=O)O.CC(=O)O.CC(=O)O.O=c1n(CCO)c(=O)n(CCO)c(=O)n1CCO. The highest BCUT2D eigenvalue weighted by Gasteiger charge is 2.14. The molecule has 1 rings (SSSR count). The summed E-state index contributed by atoms with van der Waals surface area (Å²) in [4.78, 5) is 62.3. The normalized spacial score (nSPS) is 9.00. The van der Waals surface area contributed by atoms with Crippen molar-refractivity contribution in [1.82, 2.24) is 13.7 Å². The second-order valence-electron chi connectivity index (χ2n) is 5.03. The van der Waals surface area contributed by atoms with Crippen LogP contribution in [0.25, 0.3) is 0 Å². The van der Waals surface area contributed by atoms with Crippen molar-refractivity contribution in [2.75, 3.05) is 19.8 Å². The van der Waals surface area contributed by atoms with E-state index in [0.29, 0.717) is 13.7 Å². The molecule has 0 aromatic carbocycles. The number of aliphatic hydroxyl groups excluding tert-OH is 3. The van der Waals surface area contributed by atoms with E-state index in [1.165, 1.54) is 0 Å². The first kappa shape index (κ1) is 31.4. The van der Waals surface area contributed by atoms with E-state index in [-0.39, 0.29) is 19.6 Å². The molecule has 0 aliphatic carbocycles. The molecule has 0 saturated carbocycles. The van der Waals surface area contributed by atoms with E-state index in [2.05, 4.69) is 0 Å². The Labute approximate surface area is 169 Å². The summed E-state index contributed by atoms with van der Waals surface area (Å²) >= 11 is 0. The Bertz CT molecular complexity index is 685. The fraction of sp³-hybridized carbons (Fsp3) is 0.600. The second kappa shape index (κ2) is 17.8. The molecule has 0 saturated heterocycles. The number of hydrogen-bond donors (Lipinski definition) is 6. The summed E-state index contributed by atoms with van der Waals surface area (Å²) in [6.07, 6.45) is 0. The van der Waals surface area contributed by atoms with Crippen molar-refractivity contribution in [3.8, 4) is 0 Å². The van der Waals surface area contributed by atoms with Crippen LogP contribution in [0.2, 0.25) is 0 Å². The van der Waals surface area contributed by atoms with E-state index < -0.39 is 54.8 Å². The summed E-state index contributed by atoms with van der Waals surface area (Å²) in [6.45, 7) is 1.17. The molecule has 0 aliphatic heterocycles. The lowest BCUT2D eigenvalue weighted by Gasteiger charge is -2.11. The van der Waals surface area contributed by atoms with Crippen molar-refractivity contribution in [3.05, 3.63) is 31.5 Å². The molecule has 15 nitrogen and oxygen atoms in total. The molecule has 0 atom stereocenters. The first-order valence-corrected chi connectivity index (χ1v) is 8.13. The van der Waals surface area contributed by atoms with Gasteiger partial charge in [-0.25, -0.2) is 28.1 Å². The largest absolute Gasteiger partial charge is 0.481 e. The van der Waals surface area contributed by atoms with Crippen molar-refractivity contribution in [2.45, 2.75) is 40.4 Å². The van der Waals surface area contributed by atoms with Gasteiger partial charge in [0.25, 0.3) is 17.9 Å². The zero-order valence-corrected chi connectivity index (χ0v) is 16.7. The lowest BCUT2D eigenvalue weighted by atomic mass is 10.6. The third-order valence-corrected chi connectivity index (χ3v) is 2.36. The Kier molecular flexibility index (Phi) is 18.6. The molecular formula is C15H27N3O12. The molecule has 30 heavy (non-hydrogen) atoms. The predicted molar refractivity (Wildman–Crippen MR) is 100 cm³/mol. The van der Waals surface area contributed by atoms with Crippen LogP contribution in [0.1, 0.15) is 20.8 Å². The van der Waals surface area contributed by atoms with Gasteiger partial charge < -0.3 is 30.6 Å². The third kappa shape index (κ3) is 15.7. The topological polar surface area (TPSA) is 239 Å². The van der Waals surface area contributed by atoms with Crippen LogP contribution < -0.4 is 17.1 Å². The van der Waals surface area contributed by atoms with E-state index in [1.807, 2.05) is 0 Å². The summed E-state index contributed by atoms with van der Waals surface area (Å²) < 4.78 is 2.06. The highest BCUT2D eigenvalue weighted by atomic mass is 16.4. The molecule has 0 aliphatic rings. The van der Waals surface area contributed by atoms with Crippen molar-refractivity contribution in [3.63, 3.8) is 0 Å². The van der Waals surface area contributed by atoms with Gasteiger partial charge in [-0.15, -0.1) is 0 Å². The third-order valence-electron chi connectivity index (χ3n) is 2.36. The number of rotatable bonds is 6. The first-order chi connectivity index (χ1) is 13.8. The molecule has 0 radical (unpaired) electrons. The number of aromatic nitrogens is 3. The zero-order chi connectivity index (χ0) is 24.4. The van der Waals surface area contributed by atoms with Crippen molar-refractivity contribution < 1.29 is 45.0 Å². The fourth-order valence-corrected chi connectivity index (χ4v) is 1.56. The number of carboxylic acids is 3. The summed E-state index contributed by atoms with van der Waals surface area (Å²) in [5, 5.41) is 48.6. The maximum Gasteiger partial charge on any atom is 0.336 e. The maximum absolute atomic E-state index is 11.8. The van der Waals surface area contributed by atoms with Crippen LogP contribution in [0.4, 0.5) is 0 Å². The minimum Gasteiger partial charge on any atom is -0.481 e. The standard InChI is InChI=1S/C9H15N3O6.3C2H4O2/c13-4-1-10-7(16)11(2-5-14)9(18)12(3-6-15)8(10)17;3*1-2(3)4/h13-15H,1-6H2;3*1H3,(H,3,4). The number of hydrogen-bond acceptors (Lipinski definition) is 9. The molecule has 1 aromatic rings. The molecular weight excluding hydrogens is 414 g/mol. The molecule has 174 valence electrons. The van der Waals surface area contributed by atoms with Crippen LogP contribution in [0.15, 0.2) is 14.4 Å². The minimum absolute atomic E-state index is 0.255. The zero-order valence-electron chi connectivity index (χ0n) is 16.7. The van der Waals surface area contributed by atoms with Crippen molar-refractivity contribution >= 4 is 17.9 Å². The van der Waals surface area contributed by atoms with Crippen LogP contribution in [-0.2, 0) is 34.0 Å². The minimum atomic E-state index is -0.887. The predicted octanol–water partition coefficient (Wildman–Crippen LogP) is -3.58. The average molecular weight is 441 g/mol. The lowest BCUT2D eigenvalue weighted by molar-refractivity contribution is -0.135. The van der Waals surface area contributed by atoms with Crippen molar-refractivity contribution in [1.29, 1.82) is 0 Å². The quantitative estimate of drug-likeness (QED) is 0.251. The highest BCUT2D eigenvalue weighted by Crippen LogP contribution is 1.76. The fourth-order valence-electron chi connectivity index (χ4n) is 1.56. The number of aliphatic carboxylic acids is 3. The monoisotopic (exact) mass is 441 g/mol. The van der Waals surface area contributed by atoms with E-state index in [1.54, 1.807) is 0 Å². The van der Waals surface area contributed by atoms with E-state index in [9.17, 15) is 14.4 Å². The molecule has 0 fully saturated rings. The van der Waals surface area contributed by atoms with Gasteiger partial charge in [0, 0.05) is 20.8 Å². The van der Waals surface area contributed by atoms with Crippen LogP contribution in [0.5, 0.6) is 0 Å². The molecule has 0 amide bonds. The van der Waals surface area contributed by atoms with Crippen LogP contribution >= 0.6 is 0 Å². The lowest BCUT2D eigenvalue weighted by Crippen LogP contribution is -2.55. The number of aliphatic hydroxyl groups is 3. The molecule has 0 spiro atoms. The van der Waals surface area contributed by atoms with Gasteiger partial charge in [-0.05, 0) is 0 Å². The van der Waals surface area contributed by atoms with Gasteiger partial charge in [0.15, 0.2) is 0 Å². The van der Waals surface area contributed by atoms with Gasteiger partial charge in [0.2, 0.25) is 0 Å². The van der Waals surface area contributed by atoms with Gasteiger partial charge in [-0.2, -0.15) is 0 Å². The van der Waals surface area contributed by atoms with Crippen LogP contribution in [-0.4, -0.2) is 82.1 Å². The number of carboxylic acid groups (broad SMARTS) is 3. The molecule has 1 aromatic heterocycles. The van der Waals surface area contributed by atoms with E-state index in [4.69, 9.17) is 45.0 Å². The molecule has 6 N–H and O–H groups in total. The smallest absolute Gasteiger partial charge is 0.336 e. The molecule has 15 heteroatoms. The maximum atomic E-state index is 11.8. The summed E-state index contributed by atoms with van der Waals surface area (Å²) in [5.41, 5.74) is -2.66.